The van der Waals surface area contributed by atoms with Crippen LogP contribution in [0, 0.1) is 20.2 Å². The summed E-state index contributed by atoms with van der Waals surface area (Å²) in [5.74, 6) is -15.7. The van der Waals surface area contributed by atoms with Crippen LogP contribution in [0.2, 0.25) is 0 Å². The molecule has 1 aromatic rings. The topological polar surface area (TPSA) is 125 Å². The van der Waals surface area contributed by atoms with Crippen molar-refractivity contribution < 1.29 is 55.6 Å². The molecule has 0 spiro atoms. The molecule has 0 aliphatic carbocycles. The molecular weight excluding hydrogens is 442 g/mol. The van der Waals surface area contributed by atoms with Crippen molar-refractivity contribution in [1.82, 2.24) is 10.2 Å². The molecule has 20 heteroatoms. The molecule has 0 bridgehead atoms. The molecule has 0 radical (unpaired) electrons. The Labute approximate surface area is 139 Å². The lowest BCUT2D eigenvalue weighted by Gasteiger charge is -2.47. The predicted molar refractivity (Wildman–Crippen MR) is 62.4 cm³/mol. The molecule has 9 nitrogen and oxygen atoms in total. The third-order valence-corrected chi connectivity index (χ3v) is 4.03. The zero-order chi connectivity index (χ0) is 21.8. The molecule has 0 aromatic carbocycles. The largest absolute Gasteiger partial charge is 0.614 e. The quantitative estimate of drug-likeness (QED) is 0.193. The number of nitro groups is 2. The maximum atomic E-state index is 13.4. The molecule has 0 aliphatic heterocycles. The fourth-order valence-electron chi connectivity index (χ4n) is 1.36. The van der Waals surface area contributed by atoms with Crippen LogP contribution in [0.3, 0.4) is 0 Å². The van der Waals surface area contributed by atoms with Gasteiger partial charge in [-0.3, -0.25) is 20.2 Å². The zero-order valence-corrected chi connectivity index (χ0v) is 12.7. The molecule has 0 N–H and O–H groups in total. The molecule has 0 aliphatic rings. The standard InChI is InChI=1S/C7H4F10N4O5S/c8-5(20(22)23,21(24)25)2-1-3-18-19-4(26-3)6(9,10)7(11,12)27(13,14,15,16)17/h1-2H2. The van der Waals surface area contributed by atoms with E-state index in [0.29, 0.717) is 0 Å². The number of nitrogens with zero attached hydrogens (tertiary/aromatic N) is 4. The minimum Gasteiger partial charge on any atom is -0.419 e. The third kappa shape index (κ3) is 3.69. The van der Waals surface area contributed by atoms with Crippen LogP contribution in [0.25, 0.3) is 0 Å². The summed E-state index contributed by atoms with van der Waals surface area (Å²) in [6.45, 7) is 0. The van der Waals surface area contributed by atoms with Gasteiger partial charge in [-0.2, -0.15) is 17.6 Å². The van der Waals surface area contributed by atoms with Gasteiger partial charge in [0.15, 0.2) is 0 Å². The predicted octanol–water partition coefficient (Wildman–Crippen LogP) is 4.16. The third-order valence-electron chi connectivity index (χ3n) is 2.80. The van der Waals surface area contributed by atoms with Crippen LogP contribution in [-0.2, 0) is 12.3 Å². The molecule has 0 atom stereocenters. The summed E-state index contributed by atoms with van der Waals surface area (Å²) in [4.78, 5) is 16.4. The average molecular weight is 446 g/mol. The molecule has 0 amide bonds. The van der Waals surface area contributed by atoms with E-state index >= 15 is 0 Å². The van der Waals surface area contributed by atoms with Gasteiger partial charge >= 0.3 is 27.3 Å². The normalized spacial score (nSPS) is 16.5. The van der Waals surface area contributed by atoms with Gasteiger partial charge in [0.1, 0.15) is 16.3 Å². The number of aromatic nitrogens is 2. The van der Waals surface area contributed by atoms with E-state index in [1.165, 1.54) is 0 Å². The molecule has 27 heavy (non-hydrogen) atoms. The van der Waals surface area contributed by atoms with Gasteiger partial charge in [0.25, 0.3) is 5.89 Å². The number of halogens is 10. The van der Waals surface area contributed by atoms with E-state index in [0.717, 1.165) is 0 Å². The highest BCUT2D eigenvalue weighted by Crippen LogP contribution is 3.06. The van der Waals surface area contributed by atoms with Crippen LogP contribution in [0.15, 0.2) is 4.42 Å². The van der Waals surface area contributed by atoms with E-state index < -0.39 is 61.8 Å². The lowest BCUT2D eigenvalue weighted by molar-refractivity contribution is -0.832. The molecule has 0 fully saturated rings. The Morgan fingerprint density at radius 3 is 1.74 bits per heavy atom. The first-order valence-corrected chi connectivity index (χ1v) is 7.81. The van der Waals surface area contributed by atoms with Crippen LogP contribution in [-0.4, -0.2) is 31.2 Å². The van der Waals surface area contributed by atoms with Crippen LogP contribution in [0.4, 0.5) is 41.4 Å². The van der Waals surface area contributed by atoms with Crippen LogP contribution < -0.4 is 0 Å². The number of hydrogen-bond acceptors (Lipinski definition) is 7. The second kappa shape index (κ2) is 5.32. The summed E-state index contributed by atoms with van der Waals surface area (Å²) in [6, 6.07) is 0. The van der Waals surface area contributed by atoms with Crippen molar-refractivity contribution >= 4 is 10.2 Å². The zero-order valence-electron chi connectivity index (χ0n) is 11.9. The van der Waals surface area contributed by atoms with E-state index in [9.17, 15) is 61.6 Å². The number of hydrogen-bond donors (Lipinski definition) is 0. The van der Waals surface area contributed by atoms with Crippen molar-refractivity contribution in [2.24, 2.45) is 0 Å². The van der Waals surface area contributed by atoms with Crippen molar-refractivity contribution in [3.63, 3.8) is 0 Å². The second-order valence-corrected chi connectivity index (χ2v) is 7.24. The highest BCUT2D eigenvalue weighted by Gasteiger charge is 2.92. The summed E-state index contributed by atoms with van der Waals surface area (Å²) in [6.07, 6.45) is -3.25. The van der Waals surface area contributed by atoms with Crippen molar-refractivity contribution in [2.75, 3.05) is 0 Å². The Hall–Kier alpha value is -2.41. The van der Waals surface area contributed by atoms with Gasteiger partial charge in [-0.1, -0.05) is 23.8 Å². The smallest absolute Gasteiger partial charge is 0.419 e. The fourth-order valence-corrected chi connectivity index (χ4v) is 1.94. The molecule has 1 heterocycles. The van der Waals surface area contributed by atoms with E-state index in [-0.39, 0.29) is 0 Å². The summed E-state index contributed by atoms with van der Waals surface area (Å²) in [7, 11) is -12.1. The van der Waals surface area contributed by atoms with E-state index in [4.69, 9.17) is 0 Å². The molecule has 1 rings (SSSR count). The Kier molecular flexibility index (Phi) is 4.46. The van der Waals surface area contributed by atoms with E-state index in [1.807, 2.05) is 5.10 Å². The van der Waals surface area contributed by atoms with Gasteiger partial charge in [-0.25, -0.2) is 0 Å². The van der Waals surface area contributed by atoms with Gasteiger partial charge in [0, 0.05) is 6.42 Å². The van der Waals surface area contributed by atoms with Gasteiger partial charge < -0.3 is 4.42 Å². The van der Waals surface area contributed by atoms with Crippen molar-refractivity contribution in [2.45, 2.75) is 29.9 Å². The number of rotatable bonds is 8. The first-order valence-electron chi connectivity index (χ1n) is 5.86. The Morgan fingerprint density at radius 1 is 0.926 bits per heavy atom. The first-order chi connectivity index (χ1) is 11.6. The van der Waals surface area contributed by atoms with Gasteiger partial charge in [-0.05, 0) is 0 Å². The van der Waals surface area contributed by atoms with Crippen molar-refractivity contribution in [3.8, 4) is 0 Å². The summed E-state index contributed by atoms with van der Waals surface area (Å²) < 4.78 is 130. The van der Waals surface area contributed by atoms with Crippen LogP contribution in [0.1, 0.15) is 18.2 Å². The summed E-state index contributed by atoms with van der Waals surface area (Å²) in [5.41, 5.74) is 0. The Balaban J connectivity index is 3.20. The van der Waals surface area contributed by atoms with E-state index in [1.54, 1.807) is 0 Å². The fraction of sp³-hybridized carbons (Fsp3) is 0.714. The lowest BCUT2D eigenvalue weighted by Crippen LogP contribution is -2.47. The average Bonchev–Trinajstić information content (AvgIpc) is 2.90. The molecule has 1 aromatic heterocycles. The molecule has 158 valence electrons. The monoisotopic (exact) mass is 446 g/mol. The maximum absolute atomic E-state index is 13.4. The first kappa shape index (κ1) is 22.6. The maximum Gasteiger partial charge on any atom is 0.614 e. The Morgan fingerprint density at radius 2 is 1.37 bits per heavy atom. The molecule has 0 saturated heterocycles. The van der Waals surface area contributed by atoms with Gasteiger partial charge in [0.05, 0.1) is 0 Å². The van der Waals surface area contributed by atoms with Crippen LogP contribution >= 0.6 is 10.2 Å². The minimum absolute atomic E-state index is 1.45. The number of alkyl halides is 5. The second-order valence-electron chi connectivity index (χ2n) is 4.79. The molecule has 0 unspecified atom stereocenters. The Bertz CT molecular complexity index is 765. The van der Waals surface area contributed by atoms with E-state index in [2.05, 4.69) is 9.52 Å². The summed E-state index contributed by atoms with van der Waals surface area (Å²) in [5, 5.41) is 17.0. The number of aryl methyl sites for hydroxylation is 1. The molecule has 0 saturated carbocycles. The minimum atomic E-state index is -12.1. The molecular formula is C7H4F10N4O5S. The van der Waals surface area contributed by atoms with Crippen molar-refractivity contribution in [1.29, 1.82) is 0 Å². The lowest BCUT2D eigenvalue weighted by atomic mass is 10.2. The van der Waals surface area contributed by atoms with Crippen molar-refractivity contribution in [3.05, 3.63) is 32.0 Å². The van der Waals surface area contributed by atoms with Gasteiger partial charge in [0.2, 0.25) is 5.89 Å². The van der Waals surface area contributed by atoms with Gasteiger partial charge in [-0.15, -0.1) is 10.2 Å². The summed E-state index contributed by atoms with van der Waals surface area (Å²) >= 11 is 0. The van der Waals surface area contributed by atoms with Crippen LogP contribution in [0.5, 0.6) is 0 Å². The highest BCUT2D eigenvalue weighted by atomic mass is 32.5. The SMILES string of the molecule is O=[N+]([O-])C(F)(CCc1nnc(C(F)(F)C(F)(F)S(F)(F)(F)(F)F)o1)[N+](=O)[O-]. The highest BCUT2D eigenvalue weighted by molar-refractivity contribution is 8.46.